The highest BCUT2D eigenvalue weighted by molar-refractivity contribution is 14.1. The minimum atomic E-state index is 0.0132. The fourth-order valence-corrected chi connectivity index (χ4v) is 2.39. The van der Waals surface area contributed by atoms with Crippen molar-refractivity contribution in [1.29, 1.82) is 0 Å². The molecule has 0 unspecified atom stereocenters. The molecule has 0 amide bonds. The summed E-state index contributed by atoms with van der Waals surface area (Å²) in [5, 5.41) is 0. The zero-order chi connectivity index (χ0) is 17.4. The molecule has 0 radical (unpaired) electrons. The van der Waals surface area contributed by atoms with Gasteiger partial charge in [-0.3, -0.25) is 4.79 Å². The molecular formula is C21H20INO. The number of ketones is 1. The van der Waals surface area contributed by atoms with Crippen LogP contribution in [0.1, 0.15) is 15.9 Å². The number of anilines is 1. The summed E-state index contributed by atoms with van der Waals surface area (Å²) in [7, 11) is 4.05. The molecule has 0 aliphatic rings. The first-order chi connectivity index (χ1) is 11.6. The van der Waals surface area contributed by atoms with Gasteiger partial charge in [0.2, 0.25) is 0 Å². The highest BCUT2D eigenvalue weighted by Gasteiger charge is 1.99. The van der Waals surface area contributed by atoms with Crippen molar-refractivity contribution in [2.24, 2.45) is 0 Å². The van der Waals surface area contributed by atoms with Crippen LogP contribution in [0.3, 0.4) is 0 Å². The summed E-state index contributed by atoms with van der Waals surface area (Å²) in [4.78, 5) is 14.0. The number of benzene rings is 2. The second-order valence-corrected chi connectivity index (χ2v) is 6.71. The van der Waals surface area contributed by atoms with Gasteiger partial charge in [-0.15, -0.1) is 0 Å². The quantitative estimate of drug-likeness (QED) is 0.267. The fourth-order valence-electron chi connectivity index (χ4n) is 2.03. The molecule has 3 heteroatoms. The maximum Gasteiger partial charge on any atom is 0.185 e. The van der Waals surface area contributed by atoms with Crippen molar-refractivity contribution in [3.8, 4) is 0 Å². The second kappa shape index (κ2) is 9.23. The third-order valence-corrected chi connectivity index (χ3v) is 4.13. The predicted molar refractivity (Wildman–Crippen MR) is 112 cm³/mol. The first-order valence-electron chi connectivity index (χ1n) is 7.65. The molecule has 0 spiro atoms. The van der Waals surface area contributed by atoms with Crippen molar-refractivity contribution >= 4 is 40.1 Å². The van der Waals surface area contributed by atoms with Gasteiger partial charge in [0.25, 0.3) is 0 Å². The van der Waals surface area contributed by atoms with Gasteiger partial charge in [0.15, 0.2) is 5.78 Å². The van der Waals surface area contributed by atoms with Crippen LogP contribution < -0.4 is 4.90 Å². The van der Waals surface area contributed by atoms with Gasteiger partial charge < -0.3 is 4.90 Å². The molecule has 0 aliphatic carbocycles. The van der Waals surface area contributed by atoms with E-state index in [2.05, 4.69) is 51.8 Å². The molecule has 2 aromatic carbocycles. The predicted octanol–water partition coefficient (Wildman–Crippen LogP) is 5.37. The third kappa shape index (κ3) is 5.81. The van der Waals surface area contributed by atoms with Crippen LogP contribution in [0.15, 0.2) is 78.9 Å². The van der Waals surface area contributed by atoms with Gasteiger partial charge in [-0.2, -0.15) is 0 Å². The Morgan fingerprint density at radius 2 is 1.50 bits per heavy atom. The van der Waals surface area contributed by atoms with Gasteiger partial charge in [0, 0.05) is 28.9 Å². The average molecular weight is 429 g/mol. The van der Waals surface area contributed by atoms with E-state index in [4.69, 9.17) is 0 Å². The number of hydrogen-bond acceptors (Lipinski definition) is 2. The number of carbonyl (C=O) groups is 1. The van der Waals surface area contributed by atoms with Crippen molar-refractivity contribution in [3.63, 3.8) is 0 Å². The van der Waals surface area contributed by atoms with E-state index >= 15 is 0 Å². The van der Waals surface area contributed by atoms with Crippen LogP contribution in [0.2, 0.25) is 0 Å². The number of rotatable bonds is 6. The van der Waals surface area contributed by atoms with Crippen LogP contribution in [-0.4, -0.2) is 19.9 Å². The molecule has 0 atom stereocenters. The number of nitrogens with zero attached hydrogens (tertiary/aromatic N) is 1. The summed E-state index contributed by atoms with van der Waals surface area (Å²) in [6.07, 6.45) is 11.1. The molecule has 0 aliphatic heterocycles. The van der Waals surface area contributed by atoms with Crippen LogP contribution in [-0.2, 0) is 0 Å². The molecule has 0 aromatic heterocycles. The molecule has 0 heterocycles. The summed E-state index contributed by atoms with van der Waals surface area (Å²) >= 11 is 2.22. The van der Waals surface area contributed by atoms with E-state index in [-0.39, 0.29) is 5.78 Å². The summed E-state index contributed by atoms with van der Waals surface area (Å²) in [6.45, 7) is 0. The SMILES string of the molecule is CN(C)c1ccc(/C=C/C=C/C=C/C(=O)c2ccc(I)cc2)cc1. The maximum atomic E-state index is 12.0. The number of allylic oxidation sites excluding steroid dienone is 5. The lowest BCUT2D eigenvalue weighted by Gasteiger charge is -2.11. The van der Waals surface area contributed by atoms with Crippen LogP contribution in [0.5, 0.6) is 0 Å². The zero-order valence-electron chi connectivity index (χ0n) is 13.8. The minimum absolute atomic E-state index is 0.0132. The van der Waals surface area contributed by atoms with Gasteiger partial charge >= 0.3 is 0 Å². The van der Waals surface area contributed by atoms with Gasteiger partial charge in [-0.25, -0.2) is 0 Å². The molecule has 2 aromatic rings. The average Bonchev–Trinajstić information content (AvgIpc) is 2.58. The van der Waals surface area contributed by atoms with Gasteiger partial charge in [-0.05, 0) is 58.5 Å². The monoisotopic (exact) mass is 429 g/mol. The molecule has 0 saturated heterocycles. The third-order valence-electron chi connectivity index (χ3n) is 3.41. The Morgan fingerprint density at radius 3 is 2.12 bits per heavy atom. The van der Waals surface area contributed by atoms with Crippen molar-refractivity contribution < 1.29 is 4.79 Å². The van der Waals surface area contributed by atoms with Gasteiger partial charge in [0.1, 0.15) is 0 Å². The van der Waals surface area contributed by atoms with Crippen LogP contribution in [0, 0.1) is 3.57 Å². The number of hydrogen-bond donors (Lipinski definition) is 0. The Bertz CT molecular complexity index is 753. The van der Waals surface area contributed by atoms with Crippen molar-refractivity contribution in [2.45, 2.75) is 0 Å². The largest absolute Gasteiger partial charge is 0.378 e. The van der Waals surface area contributed by atoms with Gasteiger partial charge in [0.05, 0.1) is 0 Å². The highest BCUT2D eigenvalue weighted by atomic mass is 127. The molecule has 0 fully saturated rings. The summed E-state index contributed by atoms with van der Waals surface area (Å²) in [6, 6.07) is 15.9. The topological polar surface area (TPSA) is 20.3 Å². The lowest BCUT2D eigenvalue weighted by Crippen LogP contribution is -2.07. The van der Waals surface area contributed by atoms with Crippen molar-refractivity contribution in [2.75, 3.05) is 19.0 Å². The van der Waals surface area contributed by atoms with Gasteiger partial charge in [-0.1, -0.05) is 54.6 Å². The summed E-state index contributed by atoms with van der Waals surface area (Å²) in [5.41, 5.74) is 3.03. The molecule has 0 N–H and O–H groups in total. The first-order valence-corrected chi connectivity index (χ1v) is 8.73. The Kier molecular flexibility index (Phi) is 7.00. The molecule has 2 rings (SSSR count). The highest BCUT2D eigenvalue weighted by Crippen LogP contribution is 2.13. The summed E-state index contributed by atoms with van der Waals surface area (Å²) in [5.74, 6) is 0.0132. The van der Waals surface area contributed by atoms with Crippen molar-refractivity contribution in [1.82, 2.24) is 0 Å². The minimum Gasteiger partial charge on any atom is -0.378 e. The Labute approximate surface area is 157 Å². The molecule has 122 valence electrons. The molecule has 0 bridgehead atoms. The van der Waals surface area contributed by atoms with Crippen LogP contribution in [0.4, 0.5) is 5.69 Å². The van der Waals surface area contributed by atoms with E-state index in [1.54, 1.807) is 12.2 Å². The normalized spacial score (nSPS) is 11.6. The fraction of sp³-hybridized carbons (Fsp3) is 0.0952. The molecule has 0 saturated carbocycles. The van der Waals surface area contributed by atoms with E-state index in [9.17, 15) is 4.79 Å². The zero-order valence-corrected chi connectivity index (χ0v) is 16.0. The van der Waals surface area contributed by atoms with Crippen molar-refractivity contribution in [3.05, 3.63) is 93.6 Å². The lowest BCUT2D eigenvalue weighted by molar-refractivity contribution is 0.104. The summed E-state index contributed by atoms with van der Waals surface area (Å²) < 4.78 is 1.12. The van der Waals surface area contributed by atoms with Crippen LogP contribution in [0.25, 0.3) is 6.08 Å². The second-order valence-electron chi connectivity index (χ2n) is 5.46. The molecular weight excluding hydrogens is 409 g/mol. The van der Waals surface area contributed by atoms with E-state index < -0.39 is 0 Å². The van der Waals surface area contributed by atoms with E-state index in [1.807, 2.05) is 62.7 Å². The Morgan fingerprint density at radius 1 is 0.875 bits per heavy atom. The number of carbonyl (C=O) groups excluding carboxylic acids is 1. The first kappa shape index (κ1) is 18.2. The number of halogens is 1. The Hall–Kier alpha value is -2.14. The van der Waals surface area contributed by atoms with E-state index in [1.165, 1.54) is 5.69 Å². The molecule has 24 heavy (non-hydrogen) atoms. The molecule has 2 nitrogen and oxygen atoms in total. The van der Waals surface area contributed by atoms with Crippen LogP contribution >= 0.6 is 22.6 Å². The smallest absolute Gasteiger partial charge is 0.185 e. The standard InChI is InChI=1S/C21H20INO/c1-23(2)20-15-9-17(10-16-20)7-5-3-4-6-8-21(24)18-11-13-19(22)14-12-18/h3-16H,1-2H3/b4-3+,7-5+,8-6+. The van der Waals surface area contributed by atoms with E-state index in [0.29, 0.717) is 5.56 Å². The lowest BCUT2D eigenvalue weighted by atomic mass is 10.1. The van der Waals surface area contributed by atoms with E-state index in [0.717, 1.165) is 9.13 Å². The maximum absolute atomic E-state index is 12.0. The Balaban J connectivity index is 1.87.